The van der Waals surface area contributed by atoms with Gasteiger partial charge in [0.1, 0.15) is 0 Å². The number of nitrogens with zero attached hydrogens (tertiary/aromatic N) is 1. The topological polar surface area (TPSA) is 32.3 Å². The molecule has 1 aromatic carbocycles. The van der Waals surface area contributed by atoms with Crippen LogP contribution in [-0.2, 0) is 0 Å². The molecule has 1 aliphatic rings. The third-order valence-corrected chi connectivity index (χ3v) is 5.33. The summed E-state index contributed by atoms with van der Waals surface area (Å²) in [5, 5.41) is 3.36. The van der Waals surface area contributed by atoms with Gasteiger partial charge in [0.15, 0.2) is 5.78 Å². The highest BCUT2D eigenvalue weighted by Gasteiger charge is 2.22. The molecule has 0 amide bonds. The van der Waals surface area contributed by atoms with Crippen LogP contribution in [-0.4, -0.2) is 49.2 Å². The van der Waals surface area contributed by atoms with Gasteiger partial charge in [-0.05, 0) is 31.2 Å². The van der Waals surface area contributed by atoms with Crippen molar-refractivity contribution in [3.8, 4) is 0 Å². The minimum absolute atomic E-state index is 0.0564. The summed E-state index contributed by atoms with van der Waals surface area (Å²) in [5.74, 6) is 1.41. The molecule has 1 saturated heterocycles. The number of Topliss-reactive ketones (excluding diaryl/α,β-unsaturated/α-hetero) is 1. The molecule has 22 heavy (non-hydrogen) atoms. The Hall–Kier alpha value is -0.840. The zero-order valence-corrected chi connectivity index (χ0v) is 14.8. The first-order valence-corrected chi connectivity index (χ1v) is 9.31. The summed E-state index contributed by atoms with van der Waals surface area (Å²) in [6.45, 7) is 11.3. The third-order valence-electron chi connectivity index (χ3n) is 4.05. The van der Waals surface area contributed by atoms with Crippen LogP contribution < -0.4 is 5.32 Å². The highest BCUT2D eigenvalue weighted by Crippen LogP contribution is 2.27. The van der Waals surface area contributed by atoms with E-state index in [1.165, 1.54) is 5.56 Å². The molecular formula is C18H28N2OS. The lowest BCUT2D eigenvalue weighted by Gasteiger charge is -2.29. The number of hydrogen-bond acceptors (Lipinski definition) is 4. The van der Waals surface area contributed by atoms with Crippen LogP contribution in [0.3, 0.4) is 0 Å². The van der Waals surface area contributed by atoms with Crippen LogP contribution >= 0.6 is 11.8 Å². The van der Waals surface area contributed by atoms with Crippen LogP contribution in [0.2, 0.25) is 0 Å². The van der Waals surface area contributed by atoms with Crippen LogP contribution in [0.5, 0.6) is 0 Å². The normalized spacial score (nSPS) is 17.4. The molecule has 1 aromatic rings. The van der Waals surface area contributed by atoms with Gasteiger partial charge in [0.05, 0.1) is 0 Å². The predicted octanol–water partition coefficient (Wildman–Crippen LogP) is 3.22. The molecule has 0 spiro atoms. The first-order valence-electron chi connectivity index (χ1n) is 8.32. The molecule has 0 bridgehead atoms. The number of benzene rings is 1. The molecule has 1 fully saturated rings. The molecule has 1 unspecified atom stereocenters. The van der Waals surface area contributed by atoms with Gasteiger partial charge in [0, 0.05) is 49.1 Å². The monoisotopic (exact) mass is 320 g/mol. The van der Waals surface area contributed by atoms with Crippen molar-refractivity contribution in [3.63, 3.8) is 0 Å². The summed E-state index contributed by atoms with van der Waals surface area (Å²) in [7, 11) is 0. The summed E-state index contributed by atoms with van der Waals surface area (Å²) in [5.41, 5.74) is 2.08. The van der Waals surface area contributed by atoms with Gasteiger partial charge in [-0.15, -0.1) is 11.8 Å². The Balaban J connectivity index is 2.07. The third kappa shape index (κ3) is 4.83. The summed E-state index contributed by atoms with van der Waals surface area (Å²) < 4.78 is 0. The molecule has 122 valence electrons. The zero-order valence-electron chi connectivity index (χ0n) is 14.0. The summed E-state index contributed by atoms with van der Waals surface area (Å²) >= 11 is 1.80. The van der Waals surface area contributed by atoms with Crippen molar-refractivity contribution in [1.29, 1.82) is 0 Å². The number of ketones is 1. The maximum absolute atomic E-state index is 12.9. The van der Waals surface area contributed by atoms with Gasteiger partial charge in [-0.2, -0.15) is 0 Å². The fraction of sp³-hybridized carbons (Fsp3) is 0.611. The Morgan fingerprint density at radius 1 is 1.36 bits per heavy atom. The van der Waals surface area contributed by atoms with Crippen molar-refractivity contribution in [2.24, 2.45) is 5.92 Å². The van der Waals surface area contributed by atoms with Crippen molar-refractivity contribution < 1.29 is 4.79 Å². The molecule has 0 saturated carbocycles. The van der Waals surface area contributed by atoms with E-state index in [1.54, 1.807) is 11.8 Å². The molecule has 0 aromatic heterocycles. The summed E-state index contributed by atoms with van der Waals surface area (Å²) in [6, 6.07) is 6.28. The SMILES string of the molecule is CCCSc1ccc(C)cc1C(=O)C(C)CN1CCNCC1. The summed E-state index contributed by atoms with van der Waals surface area (Å²) in [6.07, 6.45) is 1.13. The quantitative estimate of drug-likeness (QED) is 0.617. The highest BCUT2D eigenvalue weighted by atomic mass is 32.2. The molecule has 3 nitrogen and oxygen atoms in total. The van der Waals surface area contributed by atoms with Gasteiger partial charge in [-0.25, -0.2) is 0 Å². The second-order valence-electron chi connectivity index (χ2n) is 6.16. The molecule has 0 aliphatic carbocycles. The maximum atomic E-state index is 12.9. The molecule has 1 N–H and O–H groups in total. The minimum atomic E-state index is 0.0564. The molecule has 2 rings (SSSR count). The largest absolute Gasteiger partial charge is 0.314 e. The Labute approximate surface area is 138 Å². The summed E-state index contributed by atoms with van der Waals surface area (Å²) in [4.78, 5) is 16.4. The van der Waals surface area contributed by atoms with Crippen LogP contribution in [0.25, 0.3) is 0 Å². The number of hydrogen-bond donors (Lipinski definition) is 1. The predicted molar refractivity (Wildman–Crippen MR) is 95.0 cm³/mol. The standard InChI is InChI=1S/C18H28N2OS/c1-4-11-22-17-6-5-14(2)12-16(17)18(21)15(3)13-20-9-7-19-8-10-20/h5-6,12,15,19H,4,7-11,13H2,1-3H3. The van der Waals surface area contributed by atoms with E-state index in [0.29, 0.717) is 5.78 Å². The molecule has 1 heterocycles. The van der Waals surface area contributed by atoms with Crippen molar-refractivity contribution in [2.75, 3.05) is 38.5 Å². The lowest BCUT2D eigenvalue weighted by molar-refractivity contribution is 0.0884. The Bertz CT molecular complexity index is 498. The van der Waals surface area contributed by atoms with Crippen molar-refractivity contribution in [1.82, 2.24) is 10.2 Å². The average molecular weight is 321 g/mol. The number of carbonyl (C=O) groups is 1. The first-order chi connectivity index (χ1) is 10.6. The smallest absolute Gasteiger partial charge is 0.168 e. The van der Waals surface area contributed by atoms with E-state index in [-0.39, 0.29) is 5.92 Å². The fourth-order valence-corrected chi connectivity index (χ4v) is 3.71. The molecule has 4 heteroatoms. The number of aryl methyl sites for hydroxylation is 1. The highest BCUT2D eigenvalue weighted by molar-refractivity contribution is 7.99. The molecule has 0 radical (unpaired) electrons. The Morgan fingerprint density at radius 3 is 2.77 bits per heavy atom. The van der Waals surface area contributed by atoms with Gasteiger partial charge in [0.25, 0.3) is 0 Å². The number of rotatable bonds is 7. The van der Waals surface area contributed by atoms with E-state index in [4.69, 9.17) is 0 Å². The van der Waals surface area contributed by atoms with E-state index >= 15 is 0 Å². The number of piperazine rings is 1. The van der Waals surface area contributed by atoms with Gasteiger partial charge < -0.3 is 10.2 Å². The van der Waals surface area contributed by atoms with Crippen molar-refractivity contribution in [3.05, 3.63) is 29.3 Å². The van der Waals surface area contributed by atoms with E-state index in [9.17, 15) is 4.79 Å². The Kier molecular flexibility index (Phi) is 6.93. The molecule has 1 atom stereocenters. The van der Waals surface area contributed by atoms with Gasteiger partial charge in [-0.3, -0.25) is 4.79 Å². The lowest BCUT2D eigenvalue weighted by Crippen LogP contribution is -2.45. The molecular weight excluding hydrogens is 292 g/mol. The number of carbonyl (C=O) groups excluding carboxylic acids is 1. The first kappa shape index (κ1) is 17.5. The minimum Gasteiger partial charge on any atom is -0.314 e. The van der Waals surface area contributed by atoms with Gasteiger partial charge >= 0.3 is 0 Å². The number of thioether (sulfide) groups is 1. The fourth-order valence-electron chi connectivity index (χ4n) is 2.80. The zero-order chi connectivity index (χ0) is 15.9. The van der Waals surface area contributed by atoms with Gasteiger partial charge in [-0.1, -0.05) is 25.5 Å². The van der Waals surface area contributed by atoms with Crippen LogP contribution in [0.1, 0.15) is 36.2 Å². The lowest BCUT2D eigenvalue weighted by atomic mass is 9.97. The number of nitrogens with one attached hydrogen (secondary N) is 1. The van der Waals surface area contributed by atoms with Crippen molar-refractivity contribution in [2.45, 2.75) is 32.1 Å². The molecule has 1 aliphatic heterocycles. The van der Waals surface area contributed by atoms with E-state index in [2.05, 4.69) is 49.2 Å². The second kappa shape index (κ2) is 8.70. The van der Waals surface area contributed by atoms with E-state index < -0.39 is 0 Å². The average Bonchev–Trinajstić information content (AvgIpc) is 2.54. The van der Waals surface area contributed by atoms with Crippen LogP contribution in [0, 0.1) is 12.8 Å². The maximum Gasteiger partial charge on any atom is 0.168 e. The van der Waals surface area contributed by atoms with Gasteiger partial charge in [0.2, 0.25) is 0 Å². The van der Waals surface area contributed by atoms with Crippen LogP contribution in [0.15, 0.2) is 23.1 Å². The van der Waals surface area contributed by atoms with E-state index in [0.717, 1.165) is 55.4 Å². The second-order valence-corrected chi connectivity index (χ2v) is 7.30. The van der Waals surface area contributed by atoms with E-state index in [1.807, 2.05) is 0 Å². The van der Waals surface area contributed by atoms with Crippen LogP contribution in [0.4, 0.5) is 0 Å². The van der Waals surface area contributed by atoms with Crippen molar-refractivity contribution >= 4 is 17.5 Å². The Morgan fingerprint density at radius 2 is 2.09 bits per heavy atom.